The van der Waals surface area contributed by atoms with E-state index in [2.05, 4.69) is 134 Å². The summed E-state index contributed by atoms with van der Waals surface area (Å²) in [6.45, 7) is 4.74. The van der Waals surface area contributed by atoms with Gasteiger partial charge in [-0.2, -0.15) is 0 Å². The van der Waals surface area contributed by atoms with Crippen molar-refractivity contribution in [3.05, 3.63) is 167 Å². The molecule has 2 aromatic heterocycles. The van der Waals surface area contributed by atoms with Gasteiger partial charge in [0.25, 0.3) is 0 Å². The van der Waals surface area contributed by atoms with Crippen LogP contribution >= 0.6 is 0 Å². The second-order valence-electron chi connectivity index (χ2n) is 12.2. The first-order chi connectivity index (χ1) is 20.6. The van der Waals surface area contributed by atoms with Crippen LogP contribution in [0.1, 0.15) is 47.2 Å². The van der Waals surface area contributed by atoms with E-state index in [1.54, 1.807) is 0 Å². The summed E-state index contributed by atoms with van der Waals surface area (Å²) in [6.07, 6.45) is 3.88. The molecule has 2 aliphatic rings. The fourth-order valence-electron chi connectivity index (χ4n) is 8.03. The molecule has 5 aromatic carbocycles. The largest absolute Gasteiger partial charge is 0.254 e. The maximum atomic E-state index is 5.00. The lowest BCUT2D eigenvalue weighted by molar-refractivity contribution is 0.563. The highest BCUT2D eigenvalue weighted by Gasteiger charge is 2.53. The fourth-order valence-corrected chi connectivity index (χ4v) is 8.03. The summed E-state index contributed by atoms with van der Waals surface area (Å²) in [5.74, 6) is 0. The Morgan fingerprint density at radius 2 is 1.07 bits per heavy atom. The summed E-state index contributed by atoms with van der Waals surface area (Å²) in [5, 5.41) is 2.21. The molecule has 0 radical (unpaired) electrons. The van der Waals surface area contributed by atoms with E-state index >= 15 is 0 Å². The van der Waals surface area contributed by atoms with Crippen molar-refractivity contribution in [2.75, 3.05) is 0 Å². The van der Waals surface area contributed by atoms with E-state index in [4.69, 9.17) is 4.98 Å². The maximum Gasteiger partial charge on any atom is 0.0964 e. The first kappa shape index (κ1) is 23.6. The lowest BCUT2D eigenvalue weighted by Gasteiger charge is -2.46. The van der Waals surface area contributed by atoms with Crippen LogP contribution in [0.15, 0.2) is 134 Å². The molecular formula is C40H28N2. The summed E-state index contributed by atoms with van der Waals surface area (Å²) in [5.41, 5.74) is 14.6. The minimum Gasteiger partial charge on any atom is -0.254 e. The van der Waals surface area contributed by atoms with Gasteiger partial charge in [-0.05, 0) is 62.2 Å². The van der Waals surface area contributed by atoms with E-state index in [1.165, 1.54) is 50.1 Å². The molecule has 2 heterocycles. The summed E-state index contributed by atoms with van der Waals surface area (Å²) in [4.78, 5) is 9.65. The Morgan fingerprint density at radius 3 is 1.83 bits per heavy atom. The van der Waals surface area contributed by atoms with Crippen molar-refractivity contribution in [1.82, 2.24) is 9.97 Å². The topological polar surface area (TPSA) is 25.8 Å². The summed E-state index contributed by atoms with van der Waals surface area (Å²) in [7, 11) is 0. The van der Waals surface area contributed by atoms with E-state index in [0.717, 1.165) is 27.4 Å². The smallest absolute Gasteiger partial charge is 0.0964 e. The molecule has 0 N–H and O–H groups in total. The van der Waals surface area contributed by atoms with E-state index in [1.807, 2.05) is 18.5 Å². The van der Waals surface area contributed by atoms with E-state index in [-0.39, 0.29) is 5.41 Å². The highest BCUT2D eigenvalue weighted by molar-refractivity contribution is 6.04. The van der Waals surface area contributed by atoms with Crippen LogP contribution in [0.4, 0.5) is 0 Å². The zero-order valence-corrected chi connectivity index (χ0v) is 23.6. The number of hydrogen-bond donors (Lipinski definition) is 0. The van der Waals surface area contributed by atoms with Gasteiger partial charge in [0.05, 0.1) is 16.4 Å². The average Bonchev–Trinajstić information content (AvgIpc) is 3.35. The lowest BCUT2D eigenvalue weighted by Crippen LogP contribution is -2.40. The Kier molecular flexibility index (Phi) is 4.63. The molecule has 0 bridgehead atoms. The minimum absolute atomic E-state index is 0.104. The second-order valence-corrected chi connectivity index (χ2v) is 12.2. The van der Waals surface area contributed by atoms with E-state index < -0.39 is 5.41 Å². The molecular weight excluding hydrogens is 508 g/mol. The molecule has 0 saturated carbocycles. The quantitative estimate of drug-likeness (QED) is 0.195. The van der Waals surface area contributed by atoms with Crippen LogP contribution in [0.2, 0.25) is 0 Å². The second kappa shape index (κ2) is 8.24. The van der Waals surface area contributed by atoms with Crippen LogP contribution in [-0.2, 0) is 10.8 Å². The predicted molar refractivity (Wildman–Crippen MR) is 172 cm³/mol. The van der Waals surface area contributed by atoms with Crippen molar-refractivity contribution in [2.24, 2.45) is 0 Å². The standard InChI is InChI=1S/C40H28N2/c1-39(2)31-15-5-7-17-33(31)40(34-18-8-6-16-32(34)39)30-14-4-3-12-29(30)36-28(13-9-19-35(36)40)27-23-26-21-20-25-11-10-22-41-37(25)38(26)42-24-27/h3-24H,1-2H3. The first-order valence-electron chi connectivity index (χ1n) is 14.7. The zero-order chi connectivity index (χ0) is 28.1. The van der Waals surface area contributed by atoms with Gasteiger partial charge in [-0.25, -0.2) is 0 Å². The highest BCUT2D eigenvalue weighted by Crippen LogP contribution is 2.63. The third kappa shape index (κ3) is 2.84. The molecule has 7 aromatic rings. The fraction of sp³-hybridized carbons (Fsp3) is 0.100. The van der Waals surface area contributed by atoms with Crippen LogP contribution in [0.3, 0.4) is 0 Å². The number of fused-ring (bicyclic) bond motifs is 12. The predicted octanol–water partition coefficient (Wildman–Crippen LogP) is 9.45. The molecule has 0 aliphatic heterocycles. The van der Waals surface area contributed by atoms with Crippen molar-refractivity contribution in [1.29, 1.82) is 0 Å². The molecule has 2 aliphatic carbocycles. The van der Waals surface area contributed by atoms with Crippen molar-refractivity contribution in [3.63, 3.8) is 0 Å². The Hall–Kier alpha value is -5.08. The third-order valence-electron chi connectivity index (χ3n) is 9.81. The highest BCUT2D eigenvalue weighted by atomic mass is 14.7. The Balaban J connectivity index is 1.38. The molecule has 0 saturated heterocycles. The number of nitrogens with zero attached hydrogens (tertiary/aromatic N) is 2. The SMILES string of the molecule is CC1(C)c2ccccc2C2(c3ccccc3-c3c(-c4cnc5c(ccc6cccnc65)c4)cccc32)c2ccccc21. The molecule has 42 heavy (non-hydrogen) atoms. The van der Waals surface area contributed by atoms with Crippen LogP contribution in [-0.4, -0.2) is 9.97 Å². The van der Waals surface area contributed by atoms with Gasteiger partial charge in [-0.1, -0.05) is 123 Å². The van der Waals surface area contributed by atoms with Gasteiger partial charge in [0.2, 0.25) is 0 Å². The van der Waals surface area contributed by atoms with Crippen LogP contribution < -0.4 is 0 Å². The number of aromatic nitrogens is 2. The van der Waals surface area contributed by atoms with Gasteiger partial charge in [-0.3, -0.25) is 9.97 Å². The van der Waals surface area contributed by atoms with Crippen molar-refractivity contribution in [2.45, 2.75) is 24.7 Å². The van der Waals surface area contributed by atoms with Crippen LogP contribution in [0.25, 0.3) is 44.1 Å². The average molecular weight is 537 g/mol. The van der Waals surface area contributed by atoms with Crippen molar-refractivity contribution < 1.29 is 0 Å². The maximum absolute atomic E-state index is 5.00. The van der Waals surface area contributed by atoms with Crippen molar-refractivity contribution >= 4 is 21.8 Å². The number of pyridine rings is 2. The van der Waals surface area contributed by atoms with Gasteiger partial charge in [0.1, 0.15) is 0 Å². The van der Waals surface area contributed by atoms with E-state index in [0.29, 0.717) is 0 Å². The van der Waals surface area contributed by atoms with Crippen LogP contribution in [0.5, 0.6) is 0 Å². The first-order valence-corrected chi connectivity index (χ1v) is 14.7. The number of rotatable bonds is 1. The molecule has 198 valence electrons. The van der Waals surface area contributed by atoms with Crippen LogP contribution in [0, 0.1) is 0 Å². The molecule has 0 atom stereocenters. The van der Waals surface area contributed by atoms with E-state index in [9.17, 15) is 0 Å². The molecule has 9 rings (SSSR count). The summed E-state index contributed by atoms with van der Waals surface area (Å²) in [6, 6.07) is 44.8. The summed E-state index contributed by atoms with van der Waals surface area (Å²) < 4.78 is 0. The Labute approximate surface area is 245 Å². The van der Waals surface area contributed by atoms with Gasteiger partial charge in [0.15, 0.2) is 0 Å². The monoisotopic (exact) mass is 536 g/mol. The Bertz CT molecular complexity index is 2190. The molecule has 0 amide bonds. The van der Waals surface area contributed by atoms with Gasteiger partial charge < -0.3 is 0 Å². The molecule has 2 heteroatoms. The number of benzene rings is 5. The Morgan fingerprint density at radius 1 is 0.476 bits per heavy atom. The third-order valence-corrected chi connectivity index (χ3v) is 9.81. The van der Waals surface area contributed by atoms with Gasteiger partial charge in [0, 0.05) is 34.1 Å². The molecule has 0 unspecified atom stereocenters. The number of hydrogen-bond acceptors (Lipinski definition) is 2. The van der Waals surface area contributed by atoms with Crippen molar-refractivity contribution in [3.8, 4) is 22.3 Å². The van der Waals surface area contributed by atoms with Gasteiger partial charge in [-0.15, -0.1) is 0 Å². The molecule has 0 fully saturated rings. The molecule has 1 spiro atoms. The lowest BCUT2D eigenvalue weighted by atomic mass is 9.55. The normalized spacial score (nSPS) is 15.3. The zero-order valence-electron chi connectivity index (χ0n) is 23.6. The molecule has 2 nitrogen and oxygen atoms in total. The van der Waals surface area contributed by atoms with Gasteiger partial charge >= 0.3 is 0 Å². The summed E-state index contributed by atoms with van der Waals surface area (Å²) >= 11 is 0. The minimum atomic E-state index is -0.394.